The Labute approximate surface area is 132 Å². The fraction of sp³-hybridized carbons (Fsp3) is 0.571. The van der Waals surface area contributed by atoms with Crippen molar-refractivity contribution in [2.24, 2.45) is 0 Å². The Hall–Kier alpha value is -1.21. The highest BCUT2D eigenvalue weighted by Crippen LogP contribution is 2.32. The third-order valence-corrected chi connectivity index (χ3v) is 5.51. The summed E-state index contributed by atoms with van der Waals surface area (Å²) >= 11 is 3.19. The number of hydrogen-bond donors (Lipinski definition) is 2. The lowest BCUT2D eigenvalue weighted by Crippen LogP contribution is -2.50. The second-order valence-electron chi connectivity index (χ2n) is 4.95. The second kappa shape index (κ2) is 7.70. The average molecular weight is 328 g/mol. The van der Waals surface area contributed by atoms with Crippen molar-refractivity contribution < 1.29 is 14.7 Å². The molecule has 116 valence electrons. The molecule has 2 atom stereocenters. The Morgan fingerprint density at radius 1 is 1.52 bits per heavy atom. The SMILES string of the molecule is CCCC1SCC(C(=O)O)N1C(=O)NCCc1ccsc1. The molecule has 0 spiro atoms. The number of rotatable bonds is 6. The molecule has 0 aromatic carbocycles. The van der Waals surface area contributed by atoms with Crippen molar-refractivity contribution in [3.63, 3.8) is 0 Å². The molecular formula is C14H20N2O3S2. The lowest BCUT2D eigenvalue weighted by Gasteiger charge is -2.27. The summed E-state index contributed by atoms with van der Waals surface area (Å²) in [4.78, 5) is 25.1. The quantitative estimate of drug-likeness (QED) is 0.842. The number of urea groups is 1. The molecule has 1 fully saturated rings. The lowest BCUT2D eigenvalue weighted by molar-refractivity contribution is -0.141. The Kier molecular flexibility index (Phi) is 5.93. The molecule has 1 saturated heterocycles. The number of carboxylic acids is 1. The van der Waals surface area contributed by atoms with E-state index < -0.39 is 12.0 Å². The number of nitrogens with one attached hydrogen (secondary N) is 1. The summed E-state index contributed by atoms with van der Waals surface area (Å²) in [6, 6.07) is 1.05. The average Bonchev–Trinajstić information content (AvgIpc) is 3.08. The first-order valence-corrected chi connectivity index (χ1v) is 9.04. The van der Waals surface area contributed by atoms with Crippen LogP contribution in [0.3, 0.4) is 0 Å². The molecule has 2 amide bonds. The largest absolute Gasteiger partial charge is 0.480 e. The van der Waals surface area contributed by atoms with Gasteiger partial charge in [-0.3, -0.25) is 4.90 Å². The van der Waals surface area contributed by atoms with Crippen LogP contribution in [0.4, 0.5) is 4.79 Å². The molecule has 1 aromatic rings. The van der Waals surface area contributed by atoms with E-state index in [2.05, 4.69) is 10.7 Å². The molecule has 0 bridgehead atoms. The van der Waals surface area contributed by atoms with Crippen molar-refractivity contribution in [1.82, 2.24) is 10.2 Å². The molecule has 2 rings (SSSR count). The Morgan fingerprint density at radius 3 is 2.95 bits per heavy atom. The van der Waals surface area contributed by atoms with Gasteiger partial charge in [-0.1, -0.05) is 13.3 Å². The molecule has 2 heterocycles. The monoisotopic (exact) mass is 328 g/mol. The molecule has 0 radical (unpaired) electrons. The smallest absolute Gasteiger partial charge is 0.327 e. The first kappa shape index (κ1) is 16.2. The normalized spacial score (nSPS) is 21.5. The van der Waals surface area contributed by atoms with Crippen molar-refractivity contribution in [2.45, 2.75) is 37.6 Å². The van der Waals surface area contributed by atoms with E-state index in [1.54, 1.807) is 23.1 Å². The molecule has 0 saturated carbocycles. The van der Waals surface area contributed by atoms with Crippen molar-refractivity contribution >= 4 is 35.1 Å². The minimum absolute atomic E-state index is 0.0303. The van der Waals surface area contributed by atoms with E-state index in [0.29, 0.717) is 12.3 Å². The van der Waals surface area contributed by atoms with Crippen molar-refractivity contribution in [3.05, 3.63) is 22.4 Å². The topological polar surface area (TPSA) is 69.6 Å². The molecule has 1 aromatic heterocycles. The molecule has 1 aliphatic rings. The summed E-state index contributed by atoms with van der Waals surface area (Å²) in [5.41, 5.74) is 1.19. The first-order valence-electron chi connectivity index (χ1n) is 7.05. The van der Waals surface area contributed by atoms with Crippen LogP contribution in [0.5, 0.6) is 0 Å². The summed E-state index contributed by atoms with van der Waals surface area (Å²) in [7, 11) is 0. The maximum Gasteiger partial charge on any atom is 0.327 e. The number of nitrogens with zero attached hydrogens (tertiary/aromatic N) is 1. The summed E-state index contributed by atoms with van der Waals surface area (Å²) in [5, 5.41) is 16.1. The molecule has 7 heteroatoms. The van der Waals surface area contributed by atoms with Crippen LogP contribution in [0.1, 0.15) is 25.3 Å². The highest BCUT2D eigenvalue weighted by molar-refractivity contribution is 8.00. The van der Waals surface area contributed by atoms with Gasteiger partial charge in [-0.2, -0.15) is 11.3 Å². The third kappa shape index (κ3) is 4.14. The zero-order valence-corrected chi connectivity index (χ0v) is 13.6. The molecule has 2 unspecified atom stereocenters. The van der Waals surface area contributed by atoms with E-state index in [-0.39, 0.29) is 11.4 Å². The number of amides is 2. The number of carboxylic acid groups (broad SMARTS) is 1. The van der Waals surface area contributed by atoms with Crippen LogP contribution in [0.2, 0.25) is 0 Å². The van der Waals surface area contributed by atoms with Gasteiger partial charge in [-0.25, -0.2) is 9.59 Å². The van der Waals surface area contributed by atoms with Crippen molar-refractivity contribution in [2.75, 3.05) is 12.3 Å². The van der Waals surface area contributed by atoms with Crippen LogP contribution in [0.15, 0.2) is 16.8 Å². The Balaban J connectivity index is 1.91. The van der Waals surface area contributed by atoms with Gasteiger partial charge in [-0.05, 0) is 35.2 Å². The van der Waals surface area contributed by atoms with Crippen LogP contribution in [-0.4, -0.2) is 45.7 Å². The minimum atomic E-state index is -0.922. The van der Waals surface area contributed by atoms with Crippen LogP contribution in [-0.2, 0) is 11.2 Å². The van der Waals surface area contributed by atoms with Gasteiger partial charge in [0.05, 0.1) is 5.37 Å². The minimum Gasteiger partial charge on any atom is -0.480 e. The highest BCUT2D eigenvalue weighted by atomic mass is 32.2. The van der Waals surface area contributed by atoms with Crippen LogP contribution >= 0.6 is 23.1 Å². The standard InChI is InChI=1S/C14H20N2O3S2/c1-2-3-12-16(11(9-21-12)13(17)18)14(19)15-6-4-10-5-7-20-8-10/h5,7-8,11-12H,2-4,6,9H2,1H3,(H,15,19)(H,17,18). The van der Waals surface area contributed by atoms with Gasteiger partial charge in [0.15, 0.2) is 0 Å². The van der Waals surface area contributed by atoms with Gasteiger partial charge in [-0.15, -0.1) is 11.8 Å². The number of carbonyl (C=O) groups excluding carboxylic acids is 1. The molecule has 2 N–H and O–H groups in total. The van der Waals surface area contributed by atoms with E-state index in [4.69, 9.17) is 0 Å². The number of thiophene rings is 1. The first-order chi connectivity index (χ1) is 10.1. The van der Waals surface area contributed by atoms with E-state index in [9.17, 15) is 14.7 Å². The zero-order chi connectivity index (χ0) is 15.2. The molecular weight excluding hydrogens is 308 g/mol. The van der Waals surface area contributed by atoms with Crippen molar-refractivity contribution in [3.8, 4) is 0 Å². The summed E-state index contributed by atoms with van der Waals surface area (Å²) in [6.45, 7) is 2.57. The lowest BCUT2D eigenvalue weighted by atomic mass is 10.2. The van der Waals surface area contributed by atoms with Gasteiger partial charge in [0.1, 0.15) is 6.04 Å². The molecule has 5 nitrogen and oxygen atoms in total. The Bertz CT molecular complexity index is 479. The van der Waals surface area contributed by atoms with Crippen LogP contribution < -0.4 is 5.32 Å². The number of thioether (sulfide) groups is 1. The number of carbonyl (C=O) groups is 2. The Morgan fingerprint density at radius 2 is 2.33 bits per heavy atom. The summed E-state index contributed by atoms with van der Waals surface area (Å²) in [5.74, 6) is -0.452. The summed E-state index contributed by atoms with van der Waals surface area (Å²) < 4.78 is 0. The fourth-order valence-electron chi connectivity index (χ4n) is 2.34. The predicted octanol–water partition coefficient (Wildman–Crippen LogP) is 2.63. The van der Waals surface area contributed by atoms with Gasteiger partial charge >= 0.3 is 12.0 Å². The van der Waals surface area contributed by atoms with E-state index in [1.165, 1.54) is 10.5 Å². The van der Waals surface area contributed by atoms with Crippen molar-refractivity contribution in [1.29, 1.82) is 0 Å². The second-order valence-corrected chi connectivity index (χ2v) is 6.94. The fourth-order valence-corrected chi connectivity index (χ4v) is 4.55. The zero-order valence-electron chi connectivity index (χ0n) is 11.9. The molecule has 21 heavy (non-hydrogen) atoms. The van der Waals surface area contributed by atoms with Crippen LogP contribution in [0, 0.1) is 0 Å². The van der Waals surface area contributed by atoms with E-state index in [0.717, 1.165) is 19.3 Å². The van der Waals surface area contributed by atoms with Crippen LogP contribution in [0.25, 0.3) is 0 Å². The van der Waals surface area contributed by atoms with Gasteiger partial charge < -0.3 is 10.4 Å². The van der Waals surface area contributed by atoms with Gasteiger partial charge in [0.2, 0.25) is 0 Å². The number of hydrogen-bond acceptors (Lipinski definition) is 4. The predicted molar refractivity (Wildman–Crippen MR) is 85.8 cm³/mol. The van der Waals surface area contributed by atoms with E-state index >= 15 is 0 Å². The highest BCUT2D eigenvalue weighted by Gasteiger charge is 2.40. The third-order valence-electron chi connectivity index (χ3n) is 3.42. The maximum absolute atomic E-state index is 12.3. The number of aliphatic carboxylic acids is 1. The van der Waals surface area contributed by atoms with Gasteiger partial charge in [0.25, 0.3) is 0 Å². The molecule has 0 aliphatic carbocycles. The summed E-state index contributed by atoms with van der Waals surface area (Å²) in [6.07, 6.45) is 2.53. The van der Waals surface area contributed by atoms with Gasteiger partial charge in [0, 0.05) is 12.3 Å². The molecule has 1 aliphatic heterocycles. The van der Waals surface area contributed by atoms with E-state index in [1.807, 2.05) is 18.4 Å². The maximum atomic E-state index is 12.3.